The highest BCUT2D eigenvalue weighted by Crippen LogP contribution is 2.29. The van der Waals surface area contributed by atoms with Gasteiger partial charge in [0.25, 0.3) is 0 Å². The van der Waals surface area contributed by atoms with Crippen molar-refractivity contribution in [3.63, 3.8) is 0 Å². The lowest BCUT2D eigenvalue weighted by Crippen LogP contribution is -2.29. The molecule has 0 saturated carbocycles. The molecular formula is C15H19FN2. The van der Waals surface area contributed by atoms with Gasteiger partial charge < -0.3 is 5.73 Å². The van der Waals surface area contributed by atoms with Crippen LogP contribution in [0.5, 0.6) is 0 Å². The lowest BCUT2D eigenvalue weighted by Gasteiger charge is -2.23. The Morgan fingerprint density at radius 3 is 2.44 bits per heavy atom. The lowest BCUT2D eigenvalue weighted by atomic mass is 9.90. The molecule has 0 radical (unpaired) electrons. The van der Waals surface area contributed by atoms with Crippen molar-refractivity contribution in [1.29, 1.82) is 0 Å². The Morgan fingerprint density at radius 2 is 1.89 bits per heavy atom. The average molecular weight is 246 g/mol. The third kappa shape index (κ3) is 2.36. The van der Waals surface area contributed by atoms with E-state index in [4.69, 9.17) is 5.73 Å². The van der Waals surface area contributed by atoms with Crippen molar-refractivity contribution < 1.29 is 4.39 Å². The van der Waals surface area contributed by atoms with Gasteiger partial charge >= 0.3 is 0 Å². The molecule has 1 heterocycles. The van der Waals surface area contributed by atoms with Crippen molar-refractivity contribution in [3.8, 4) is 0 Å². The van der Waals surface area contributed by atoms with Crippen LogP contribution in [0.2, 0.25) is 0 Å². The molecule has 18 heavy (non-hydrogen) atoms. The topological polar surface area (TPSA) is 38.9 Å². The van der Waals surface area contributed by atoms with E-state index in [-0.39, 0.29) is 5.82 Å². The number of hydrogen-bond acceptors (Lipinski definition) is 2. The van der Waals surface area contributed by atoms with E-state index >= 15 is 0 Å². The molecule has 0 aliphatic carbocycles. The van der Waals surface area contributed by atoms with Crippen LogP contribution in [0.25, 0.3) is 10.9 Å². The molecular weight excluding hydrogens is 227 g/mol. The highest BCUT2D eigenvalue weighted by molar-refractivity contribution is 5.83. The van der Waals surface area contributed by atoms with Gasteiger partial charge in [0, 0.05) is 16.6 Å². The Balaban J connectivity index is 2.82. The minimum atomic E-state index is -0.515. The van der Waals surface area contributed by atoms with Gasteiger partial charge in [0.2, 0.25) is 0 Å². The molecule has 0 amide bonds. The number of rotatable bonds is 2. The molecule has 0 unspecified atom stereocenters. The fourth-order valence-electron chi connectivity index (χ4n) is 2.05. The largest absolute Gasteiger partial charge is 0.322 e. The first-order chi connectivity index (χ1) is 8.29. The molecule has 96 valence electrons. The predicted molar refractivity (Wildman–Crippen MR) is 73.0 cm³/mol. The molecule has 1 aromatic heterocycles. The molecule has 2 nitrogen and oxygen atoms in total. The van der Waals surface area contributed by atoms with Crippen LogP contribution >= 0.6 is 0 Å². The second-order valence-corrected chi connectivity index (χ2v) is 5.63. The Bertz CT molecular complexity index is 583. The maximum atomic E-state index is 13.4. The van der Waals surface area contributed by atoms with E-state index in [0.717, 1.165) is 22.2 Å². The van der Waals surface area contributed by atoms with Crippen LogP contribution in [-0.4, -0.2) is 4.98 Å². The third-order valence-electron chi connectivity index (χ3n) is 3.08. The minimum Gasteiger partial charge on any atom is -0.322 e. The van der Waals surface area contributed by atoms with E-state index in [1.165, 1.54) is 12.1 Å². The first-order valence-corrected chi connectivity index (χ1v) is 6.18. The van der Waals surface area contributed by atoms with Gasteiger partial charge in [0.1, 0.15) is 5.82 Å². The fourth-order valence-corrected chi connectivity index (χ4v) is 2.05. The second-order valence-electron chi connectivity index (χ2n) is 5.63. The van der Waals surface area contributed by atoms with Crippen LogP contribution in [0.15, 0.2) is 24.3 Å². The minimum absolute atomic E-state index is 0.257. The van der Waals surface area contributed by atoms with Crippen LogP contribution in [-0.2, 0) is 5.54 Å². The number of pyridine rings is 1. The highest BCUT2D eigenvalue weighted by atomic mass is 19.1. The molecule has 0 bridgehead atoms. The van der Waals surface area contributed by atoms with Gasteiger partial charge in [0.05, 0.1) is 5.52 Å². The Morgan fingerprint density at radius 1 is 1.22 bits per heavy atom. The van der Waals surface area contributed by atoms with Crippen molar-refractivity contribution in [1.82, 2.24) is 4.98 Å². The van der Waals surface area contributed by atoms with E-state index in [0.29, 0.717) is 5.92 Å². The number of nitrogens with two attached hydrogens (primary N) is 1. The Hall–Kier alpha value is -1.48. The van der Waals surface area contributed by atoms with Crippen LogP contribution in [0, 0.1) is 5.82 Å². The van der Waals surface area contributed by atoms with Crippen molar-refractivity contribution >= 4 is 10.9 Å². The monoisotopic (exact) mass is 246 g/mol. The van der Waals surface area contributed by atoms with E-state index in [2.05, 4.69) is 18.8 Å². The van der Waals surface area contributed by atoms with Gasteiger partial charge in [0.15, 0.2) is 0 Å². The van der Waals surface area contributed by atoms with Crippen LogP contribution in [0.4, 0.5) is 4.39 Å². The number of halogens is 1. The van der Waals surface area contributed by atoms with Gasteiger partial charge in [-0.05, 0) is 49.6 Å². The molecule has 0 saturated heterocycles. The van der Waals surface area contributed by atoms with Gasteiger partial charge in [-0.25, -0.2) is 4.39 Å². The van der Waals surface area contributed by atoms with Crippen LogP contribution in [0.3, 0.4) is 0 Å². The summed E-state index contributed by atoms with van der Waals surface area (Å²) in [6.07, 6.45) is 0. The zero-order chi connectivity index (χ0) is 13.5. The summed E-state index contributed by atoms with van der Waals surface area (Å²) in [7, 11) is 0. The van der Waals surface area contributed by atoms with E-state index in [1.54, 1.807) is 6.07 Å². The zero-order valence-corrected chi connectivity index (χ0v) is 11.3. The molecule has 0 atom stereocenters. The van der Waals surface area contributed by atoms with Crippen molar-refractivity contribution in [2.24, 2.45) is 5.73 Å². The summed E-state index contributed by atoms with van der Waals surface area (Å²) >= 11 is 0. The molecule has 0 aliphatic rings. The first-order valence-electron chi connectivity index (χ1n) is 6.18. The lowest BCUT2D eigenvalue weighted by molar-refractivity contribution is 0.556. The SMILES string of the molecule is CC(C)c1cc(C(C)(C)N)c2cc(F)ccc2n1. The fraction of sp³-hybridized carbons (Fsp3) is 0.400. The van der Waals surface area contributed by atoms with Gasteiger partial charge in [-0.3, -0.25) is 4.98 Å². The summed E-state index contributed by atoms with van der Waals surface area (Å²) in [5.74, 6) is 0.0626. The standard InChI is InChI=1S/C15H19FN2/c1-9(2)14-8-12(15(3,4)17)11-7-10(16)5-6-13(11)18-14/h5-9H,17H2,1-4H3. The summed E-state index contributed by atoms with van der Waals surface area (Å²) in [6.45, 7) is 8.03. The second kappa shape index (κ2) is 4.32. The van der Waals surface area contributed by atoms with Crippen molar-refractivity contribution in [2.75, 3.05) is 0 Å². The molecule has 2 N–H and O–H groups in total. The normalized spacial score (nSPS) is 12.4. The van der Waals surface area contributed by atoms with Gasteiger partial charge in [-0.1, -0.05) is 13.8 Å². The summed E-state index contributed by atoms with van der Waals surface area (Å²) < 4.78 is 13.4. The maximum absolute atomic E-state index is 13.4. The highest BCUT2D eigenvalue weighted by Gasteiger charge is 2.20. The van der Waals surface area contributed by atoms with E-state index < -0.39 is 5.54 Å². The number of hydrogen-bond donors (Lipinski definition) is 1. The molecule has 0 aliphatic heterocycles. The molecule has 2 aromatic rings. The predicted octanol–water partition coefficient (Wildman–Crippen LogP) is 3.69. The molecule has 3 heteroatoms. The molecule has 1 aromatic carbocycles. The van der Waals surface area contributed by atoms with Crippen molar-refractivity contribution in [2.45, 2.75) is 39.2 Å². The van der Waals surface area contributed by atoms with Crippen LogP contribution in [0.1, 0.15) is 44.9 Å². The summed E-state index contributed by atoms with van der Waals surface area (Å²) in [5.41, 5.74) is 8.41. The smallest absolute Gasteiger partial charge is 0.123 e. The zero-order valence-electron chi connectivity index (χ0n) is 11.3. The number of nitrogens with zero attached hydrogens (tertiary/aromatic N) is 1. The molecule has 0 fully saturated rings. The Kier molecular flexibility index (Phi) is 3.11. The number of aromatic nitrogens is 1. The number of fused-ring (bicyclic) bond motifs is 1. The summed E-state index contributed by atoms with van der Waals surface area (Å²) in [6, 6.07) is 6.65. The first kappa shape index (κ1) is 13.0. The third-order valence-corrected chi connectivity index (χ3v) is 3.08. The van der Waals surface area contributed by atoms with E-state index in [1.807, 2.05) is 19.9 Å². The number of benzene rings is 1. The van der Waals surface area contributed by atoms with E-state index in [9.17, 15) is 4.39 Å². The quantitative estimate of drug-likeness (QED) is 0.877. The van der Waals surface area contributed by atoms with Crippen LogP contribution < -0.4 is 5.73 Å². The molecule has 2 rings (SSSR count). The summed E-state index contributed by atoms with van der Waals surface area (Å²) in [5, 5.41) is 0.798. The maximum Gasteiger partial charge on any atom is 0.123 e. The average Bonchev–Trinajstić information content (AvgIpc) is 2.26. The van der Waals surface area contributed by atoms with Gasteiger partial charge in [-0.2, -0.15) is 0 Å². The Labute approximate surface area is 107 Å². The molecule has 0 spiro atoms. The van der Waals surface area contributed by atoms with Gasteiger partial charge in [-0.15, -0.1) is 0 Å². The summed E-state index contributed by atoms with van der Waals surface area (Å²) in [4.78, 5) is 4.57. The van der Waals surface area contributed by atoms with Crippen molar-refractivity contribution in [3.05, 3.63) is 41.3 Å².